The smallest absolute Gasteiger partial charge is 0.0606 e. The lowest BCUT2D eigenvalue weighted by atomic mass is 10.3. The molecular weight excluding hydrogens is 202 g/mol. The maximum atomic E-state index is 9.07. The van der Waals surface area contributed by atoms with Gasteiger partial charge in [-0.05, 0) is 25.8 Å². The van der Waals surface area contributed by atoms with Crippen LogP contribution in [0.25, 0.3) is 0 Å². The first-order valence-corrected chi connectivity index (χ1v) is 5.91. The molecule has 2 N–H and O–H groups in total. The van der Waals surface area contributed by atoms with E-state index in [0.29, 0.717) is 12.6 Å². The molecule has 1 aliphatic carbocycles. The molecule has 16 heavy (non-hydrogen) atoms. The highest BCUT2D eigenvalue weighted by Gasteiger charge is 2.29. The lowest BCUT2D eigenvalue weighted by molar-refractivity contribution is 0.301. The summed E-state index contributed by atoms with van der Waals surface area (Å²) >= 11 is 0. The van der Waals surface area contributed by atoms with Crippen molar-refractivity contribution in [3.63, 3.8) is 0 Å². The van der Waals surface area contributed by atoms with Gasteiger partial charge in [0.25, 0.3) is 0 Å². The number of hydrogen-bond acceptors (Lipinski definition) is 4. The molecular formula is C12H19N3O. The van der Waals surface area contributed by atoms with E-state index in [0.717, 1.165) is 17.9 Å². The van der Waals surface area contributed by atoms with Crippen molar-refractivity contribution >= 4 is 11.4 Å². The van der Waals surface area contributed by atoms with Gasteiger partial charge in [-0.25, -0.2) is 0 Å². The molecule has 0 radical (unpaired) electrons. The topological polar surface area (TPSA) is 48.4 Å². The van der Waals surface area contributed by atoms with Crippen LogP contribution in [0.4, 0.5) is 11.4 Å². The monoisotopic (exact) mass is 221 g/mol. The summed E-state index contributed by atoms with van der Waals surface area (Å²) in [4.78, 5) is 6.47. The lowest BCUT2D eigenvalue weighted by Gasteiger charge is -2.23. The molecule has 0 bridgehead atoms. The third-order valence-corrected chi connectivity index (χ3v) is 2.76. The van der Waals surface area contributed by atoms with Gasteiger partial charge in [0, 0.05) is 19.1 Å². The highest BCUT2D eigenvalue weighted by atomic mass is 16.3. The van der Waals surface area contributed by atoms with E-state index < -0.39 is 0 Å². The van der Waals surface area contributed by atoms with Gasteiger partial charge in [-0.1, -0.05) is 0 Å². The third-order valence-electron chi connectivity index (χ3n) is 2.76. The Morgan fingerprint density at radius 1 is 1.50 bits per heavy atom. The van der Waals surface area contributed by atoms with Crippen LogP contribution in [0, 0.1) is 0 Å². The zero-order chi connectivity index (χ0) is 11.4. The number of aliphatic hydroxyl groups excluding tert-OH is 1. The zero-order valence-corrected chi connectivity index (χ0v) is 9.69. The van der Waals surface area contributed by atoms with Crippen LogP contribution in [-0.2, 0) is 0 Å². The van der Waals surface area contributed by atoms with E-state index in [9.17, 15) is 0 Å². The fraction of sp³-hybridized carbons (Fsp3) is 0.583. The molecule has 1 fully saturated rings. The van der Waals surface area contributed by atoms with Gasteiger partial charge in [0.2, 0.25) is 0 Å². The van der Waals surface area contributed by atoms with E-state index in [4.69, 9.17) is 5.11 Å². The van der Waals surface area contributed by atoms with E-state index in [1.807, 2.05) is 12.4 Å². The molecule has 0 atom stereocenters. The third kappa shape index (κ3) is 2.64. The Morgan fingerprint density at radius 3 is 2.94 bits per heavy atom. The molecule has 0 unspecified atom stereocenters. The molecule has 88 valence electrons. The number of rotatable bonds is 6. The molecule has 0 amide bonds. The van der Waals surface area contributed by atoms with E-state index in [1.165, 1.54) is 12.8 Å². The summed E-state index contributed by atoms with van der Waals surface area (Å²) in [5.41, 5.74) is 2.15. The van der Waals surface area contributed by atoms with Crippen LogP contribution in [0.5, 0.6) is 0 Å². The normalized spacial score (nSPS) is 14.9. The predicted molar refractivity (Wildman–Crippen MR) is 65.9 cm³/mol. The lowest BCUT2D eigenvalue weighted by Crippen LogP contribution is -2.29. The number of aromatic nitrogens is 1. The Bertz CT molecular complexity index is 339. The van der Waals surface area contributed by atoms with Gasteiger partial charge < -0.3 is 15.3 Å². The van der Waals surface area contributed by atoms with Crippen LogP contribution in [-0.4, -0.2) is 35.8 Å². The van der Waals surface area contributed by atoms with Crippen molar-refractivity contribution in [2.45, 2.75) is 25.8 Å². The Hall–Kier alpha value is -1.29. The van der Waals surface area contributed by atoms with Crippen molar-refractivity contribution in [3.05, 3.63) is 18.5 Å². The number of anilines is 2. The first-order valence-electron chi connectivity index (χ1n) is 5.91. The number of hydrogen-bond donors (Lipinski definition) is 2. The van der Waals surface area contributed by atoms with Gasteiger partial charge in [0.1, 0.15) is 0 Å². The summed E-state index contributed by atoms with van der Waals surface area (Å²) < 4.78 is 0. The number of pyridine rings is 1. The number of nitrogens with zero attached hydrogens (tertiary/aromatic N) is 2. The minimum atomic E-state index is 0.196. The summed E-state index contributed by atoms with van der Waals surface area (Å²) in [6.07, 6.45) is 6.16. The van der Waals surface area contributed by atoms with Crippen molar-refractivity contribution in [1.29, 1.82) is 0 Å². The van der Waals surface area contributed by atoms with Gasteiger partial charge in [-0.15, -0.1) is 0 Å². The second kappa shape index (κ2) is 5.16. The first-order chi connectivity index (χ1) is 7.85. The molecule has 0 aliphatic heterocycles. The maximum Gasteiger partial charge on any atom is 0.0606 e. The van der Waals surface area contributed by atoms with Crippen LogP contribution in [0.15, 0.2) is 18.5 Å². The fourth-order valence-electron chi connectivity index (χ4n) is 1.90. The second-order valence-electron chi connectivity index (χ2n) is 4.11. The Balaban J connectivity index is 2.12. The average Bonchev–Trinajstić information content (AvgIpc) is 3.11. The van der Waals surface area contributed by atoms with E-state index in [-0.39, 0.29) is 6.61 Å². The average molecular weight is 221 g/mol. The van der Waals surface area contributed by atoms with Crippen molar-refractivity contribution in [3.8, 4) is 0 Å². The van der Waals surface area contributed by atoms with Crippen molar-refractivity contribution in [1.82, 2.24) is 4.98 Å². The molecule has 0 saturated heterocycles. The predicted octanol–water partition coefficient (Wildman–Crippen LogP) is 1.47. The zero-order valence-electron chi connectivity index (χ0n) is 9.69. The van der Waals surface area contributed by atoms with E-state index in [2.05, 4.69) is 28.2 Å². The first kappa shape index (κ1) is 11.2. The molecule has 4 heteroatoms. The second-order valence-corrected chi connectivity index (χ2v) is 4.11. The van der Waals surface area contributed by atoms with Crippen molar-refractivity contribution in [2.24, 2.45) is 0 Å². The number of aliphatic hydroxyl groups is 1. The summed E-state index contributed by atoms with van der Waals surface area (Å²) in [6.45, 7) is 3.86. The van der Waals surface area contributed by atoms with Crippen LogP contribution in [0.3, 0.4) is 0 Å². The largest absolute Gasteiger partial charge is 0.395 e. The van der Waals surface area contributed by atoms with Gasteiger partial charge >= 0.3 is 0 Å². The molecule has 2 rings (SSSR count). The SMILES string of the molecule is CCNc1cncc(N(CCO)C2CC2)c1. The Kier molecular flexibility index (Phi) is 3.62. The Morgan fingerprint density at radius 2 is 2.31 bits per heavy atom. The van der Waals surface area contributed by atoms with Crippen LogP contribution >= 0.6 is 0 Å². The van der Waals surface area contributed by atoms with E-state index in [1.54, 1.807) is 0 Å². The maximum absolute atomic E-state index is 9.07. The number of nitrogens with one attached hydrogen (secondary N) is 1. The quantitative estimate of drug-likeness (QED) is 0.764. The molecule has 0 spiro atoms. The van der Waals surface area contributed by atoms with Crippen LogP contribution < -0.4 is 10.2 Å². The van der Waals surface area contributed by atoms with Crippen LogP contribution in [0.1, 0.15) is 19.8 Å². The summed E-state index contributed by atoms with van der Waals surface area (Å²) in [6, 6.07) is 2.70. The molecule has 0 aromatic carbocycles. The van der Waals surface area contributed by atoms with E-state index >= 15 is 0 Å². The molecule has 1 aliphatic rings. The van der Waals surface area contributed by atoms with Gasteiger partial charge in [0.15, 0.2) is 0 Å². The molecule has 1 heterocycles. The fourth-order valence-corrected chi connectivity index (χ4v) is 1.90. The van der Waals surface area contributed by atoms with Crippen LogP contribution in [0.2, 0.25) is 0 Å². The summed E-state index contributed by atoms with van der Waals surface area (Å²) in [5.74, 6) is 0. The van der Waals surface area contributed by atoms with Crippen molar-refractivity contribution < 1.29 is 5.11 Å². The van der Waals surface area contributed by atoms with Crippen molar-refractivity contribution in [2.75, 3.05) is 29.9 Å². The minimum absolute atomic E-state index is 0.196. The molecule has 1 saturated carbocycles. The summed E-state index contributed by atoms with van der Waals surface area (Å²) in [5, 5.41) is 12.3. The Labute approximate surface area is 96.3 Å². The standard InChI is InChI=1S/C12H19N3O/c1-2-14-10-7-12(9-13-8-10)15(5-6-16)11-3-4-11/h7-9,11,14,16H,2-6H2,1H3. The molecule has 1 aromatic heterocycles. The van der Waals surface area contributed by atoms with Gasteiger partial charge in [0.05, 0.1) is 30.4 Å². The molecule has 4 nitrogen and oxygen atoms in total. The highest BCUT2D eigenvalue weighted by molar-refractivity contribution is 5.56. The van der Waals surface area contributed by atoms with Gasteiger partial charge in [-0.2, -0.15) is 0 Å². The van der Waals surface area contributed by atoms with Gasteiger partial charge in [-0.3, -0.25) is 4.98 Å². The minimum Gasteiger partial charge on any atom is -0.395 e. The summed E-state index contributed by atoms with van der Waals surface area (Å²) in [7, 11) is 0. The highest BCUT2D eigenvalue weighted by Crippen LogP contribution is 2.31. The molecule has 1 aromatic rings.